The van der Waals surface area contributed by atoms with Gasteiger partial charge in [-0.2, -0.15) is 0 Å². The summed E-state index contributed by atoms with van der Waals surface area (Å²) in [4.78, 5) is 19.4. The predicted octanol–water partition coefficient (Wildman–Crippen LogP) is 4.68. The largest absolute Gasteiger partial charge is 0.335 e. The number of thiophene rings is 2. The molecule has 1 aromatic carbocycles. The SMILES string of the molecule is O=C(c1cc2ccccc2s1)N1CCN(Cc2ccc(Br)s2)CC1. The normalized spacial score (nSPS) is 16.0. The van der Waals surface area contributed by atoms with E-state index in [0.29, 0.717) is 0 Å². The van der Waals surface area contributed by atoms with Crippen LogP contribution in [-0.2, 0) is 6.54 Å². The number of benzene rings is 1. The first-order valence-electron chi connectivity index (χ1n) is 7.93. The second-order valence-electron chi connectivity index (χ2n) is 5.92. The molecule has 1 saturated heterocycles. The quantitative estimate of drug-likeness (QED) is 0.613. The highest BCUT2D eigenvalue weighted by molar-refractivity contribution is 9.11. The highest BCUT2D eigenvalue weighted by atomic mass is 79.9. The molecule has 124 valence electrons. The first kappa shape index (κ1) is 16.3. The Labute approximate surface area is 157 Å². The highest BCUT2D eigenvalue weighted by Crippen LogP contribution is 2.27. The maximum Gasteiger partial charge on any atom is 0.264 e. The number of halogens is 1. The molecule has 3 nitrogen and oxygen atoms in total. The van der Waals surface area contributed by atoms with Crippen molar-refractivity contribution >= 4 is 54.6 Å². The van der Waals surface area contributed by atoms with Crippen LogP contribution in [0.3, 0.4) is 0 Å². The fourth-order valence-corrected chi connectivity index (χ4v) is 5.57. The molecule has 0 bridgehead atoms. The zero-order valence-corrected chi connectivity index (χ0v) is 16.3. The summed E-state index contributed by atoms with van der Waals surface area (Å²) in [7, 11) is 0. The first-order valence-corrected chi connectivity index (χ1v) is 10.4. The molecular weight excluding hydrogens is 404 g/mol. The zero-order valence-electron chi connectivity index (χ0n) is 13.1. The van der Waals surface area contributed by atoms with E-state index in [-0.39, 0.29) is 5.91 Å². The fourth-order valence-electron chi connectivity index (χ4n) is 3.01. The number of rotatable bonds is 3. The van der Waals surface area contributed by atoms with Gasteiger partial charge in [0.25, 0.3) is 5.91 Å². The minimum Gasteiger partial charge on any atom is -0.335 e. The van der Waals surface area contributed by atoms with Crippen molar-refractivity contribution in [3.63, 3.8) is 0 Å². The minimum absolute atomic E-state index is 0.176. The molecule has 6 heteroatoms. The summed E-state index contributed by atoms with van der Waals surface area (Å²) in [6, 6.07) is 14.5. The van der Waals surface area contributed by atoms with E-state index in [1.54, 1.807) is 22.7 Å². The Morgan fingerprint density at radius 3 is 2.54 bits per heavy atom. The average Bonchev–Trinajstić information content (AvgIpc) is 3.21. The van der Waals surface area contributed by atoms with E-state index >= 15 is 0 Å². The number of carbonyl (C=O) groups is 1. The van der Waals surface area contributed by atoms with Gasteiger partial charge in [0.2, 0.25) is 0 Å². The number of piperazine rings is 1. The Hall–Kier alpha value is -1.21. The van der Waals surface area contributed by atoms with E-state index in [2.05, 4.69) is 45.1 Å². The van der Waals surface area contributed by atoms with Crippen molar-refractivity contribution in [1.29, 1.82) is 0 Å². The molecule has 0 unspecified atom stereocenters. The van der Waals surface area contributed by atoms with Gasteiger partial charge < -0.3 is 4.90 Å². The van der Waals surface area contributed by atoms with Gasteiger partial charge in [-0.05, 0) is 45.6 Å². The molecular formula is C18H17BrN2OS2. The lowest BCUT2D eigenvalue weighted by molar-refractivity contribution is 0.0634. The van der Waals surface area contributed by atoms with E-state index in [1.807, 2.05) is 23.1 Å². The molecule has 3 aromatic rings. The van der Waals surface area contributed by atoms with Gasteiger partial charge in [0, 0.05) is 42.3 Å². The molecule has 1 aliphatic heterocycles. The van der Waals surface area contributed by atoms with Crippen LogP contribution in [0, 0.1) is 0 Å². The van der Waals surface area contributed by atoms with Crippen molar-refractivity contribution in [1.82, 2.24) is 9.80 Å². The molecule has 1 amide bonds. The van der Waals surface area contributed by atoms with Gasteiger partial charge >= 0.3 is 0 Å². The van der Waals surface area contributed by atoms with Gasteiger partial charge in [-0.25, -0.2) is 0 Å². The van der Waals surface area contributed by atoms with Crippen LogP contribution in [0.5, 0.6) is 0 Å². The molecule has 0 aliphatic carbocycles. The molecule has 0 radical (unpaired) electrons. The molecule has 0 saturated carbocycles. The number of fused-ring (bicyclic) bond motifs is 1. The molecule has 0 atom stereocenters. The van der Waals surface area contributed by atoms with Gasteiger partial charge in [0.05, 0.1) is 8.66 Å². The third-order valence-corrected chi connectivity index (χ3v) is 7.02. The fraction of sp³-hybridized carbons (Fsp3) is 0.278. The molecule has 24 heavy (non-hydrogen) atoms. The van der Waals surface area contributed by atoms with Crippen molar-refractivity contribution in [3.05, 3.63) is 56.0 Å². The molecule has 1 aliphatic rings. The molecule has 0 spiro atoms. The summed E-state index contributed by atoms with van der Waals surface area (Å²) in [5, 5.41) is 1.16. The van der Waals surface area contributed by atoms with Crippen LogP contribution in [-0.4, -0.2) is 41.9 Å². The van der Waals surface area contributed by atoms with E-state index in [4.69, 9.17) is 0 Å². The van der Waals surface area contributed by atoms with Crippen molar-refractivity contribution in [3.8, 4) is 0 Å². The van der Waals surface area contributed by atoms with Crippen LogP contribution >= 0.6 is 38.6 Å². The third-order valence-electron chi connectivity index (χ3n) is 4.30. The Morgan fingerprint density at radius 2 is 1.83 bits per heavy atom. The number of hydrogen-bond donors (Lipinski definition) is 0. The highest BCUT2D eigenvalue weighted by Gasteiger charge is 2.23. The summed E-state index contributed by atoms with van der Waals surface area (Å²) >= 11 is 6.89. The van der Waals surface area contributed by atoms with Crippen molar-refractivity contribution < 1.29 is 4.79 Å². The number of nitrogens with zero attached hydrogens (tertiary/aromatic N) is 2. The lowest BCUT2D eigenvalue weighted by Gasteiger charge is -2.34. The van der Waals surface area contributed by atoms with Crippen LogP contribution in [0.1, 0.15) is 14.5 Å². The van der Waals surface area contributed by atoms with Crippen molar-refractivity contribution in [2.45, 2.75) is 6.54 Å². The second-order valence-corrected chi connectivity index (χ2v) is 9.55. The van der Waals surface area contributed by atoms with Crippen LogP contribution in [0.2, 0.25) is 0 Å². The predicted molar refractivity (Wildman–Crippen MR) is 105 cm³/mol. The molecule has 0 N–H and O–H groups in total. The maximum absolute atomic E-state index is 12.8. The van der Waals surface area contributed by atoms with E-state index in [0.717, 1.165) is 43.0 Å². The van der Waals surface area contributed by atoms with Crippen LogP contribution in [0.15, 0.2) is 46.3 Å². The Kier molecular flexibility index (Phi) is 4.72. The average molecular weight is 421 g/mol. The zero-order chi connectivity index (χ0) is 16.5. The molecule has 4 rings (SSSR count). The Balaban J connectivity index is 1.39. The van der Waals surface area contributed by atoms with Crippen molar-refractivity contribution in [2.75, 3.05) is 26.2 Å². The minimum atomic E-state index is 0.176. The number of hydrogen-bond acceptors (Lipinski definition) is 4. The smallest absolute Gasteiger partial charge is 0.264 e. The molecule has 3 heterocycles. The first-order chi connectivity index (χ1) is 11.7. The topological polar surface area (TPSA) is 23.6 Å². The van der Waals surface area contributed by atoms with Crippen LogP contribution in [0.4, 0.5) is 0 Å². The Morgan fingerprint density at radius 1 is 1.04 bits per heavy atom. The maximum atomic E-state index is 12.8. The van der Waals surface area contributed by atoms with Crippen LogP contribution < -0.4 is 0 Å². The van der Waals surface area contributed by atoms with E-state index in [9.17, 15) is 4.79 Å². The lowest BCUT2D eigenvalue weighted by atomic mass is 10.2. The van der Waals surface area contributed by atoms with E-state index in [1.165, 1.54) is 13.4 Å². The van der Waals surface area contributed by atoms with Gasteiger partial charge in [-0.1, -0.05) is 18.2 Å². The standard InChI is InChI=1S/C18H17BrN2OS2/c19-17-6-5-14(23-17)12-20-7-9-21(10-8-20)18(22)16-11-13-3-1-2-4-15(13)24-16/h1-6,11H,7-10,12H2. The third kappa shape index (κ3) is 3.42. The summed E-state index contributed by atoms with van der Waals surface area (Å²) < 4.78 is 2.36. The van der Waals surface area contributed by atoms with Crippen LogP contribution in [0.25, 0.3) is 10.1 Å². The molecule has 2 aromatic heterocycles. The second kappa shape index (κ2) is 6.96. The monoisotopic (exact) mass is 420 g/mol. The lowest BCUT2D eigenvalue weighted by Crippen LogP contribution is -2.48. The Bertz CT molecular complexity index is 832. The number of amides is 1. The summed E-state index contributed by atoms with van der Waals surface area (Å²) in [6.07, 6.45) is 0. The van der Waals surface area contributed by atoms with E-state index < -0.39 is 0 Å². The molecule has 1 fully saturated rings. The summed E-state index contributed by atoms with van der Waals surface area (Å²) in [6.45, 7) is 4.46. The van der Waals surface area contributed by atoms with Gasteiger partial charge in [0.15, 0.2) is 0 Å². The number of carbonyl (C=O) groups excluding carboxylic acids is 1. The van der Waals surface area contributed by atoms with Crippen molar-refractivity contribution in [2.24, 2.45) is 0 Å². The summed E-state index contributed by atoms with van der Waals surface area (Å²) in [5.41, 5.74) is 0. The summed E-state index contributed by atoms with van der Waals surface area (Å²) in [5.74, 6) is 0.176. The van der Waals surface area contributed by atoms with Gasteiger partial charge in [0.1, 0.15) is 0 Å². The van der Waals surface area contributed by atoms with Gasteiger partial charge in [-0.3, -0.25) is 9.69 Å². The van der Waals surface area contributed by atoms with Gasteiger partial charge in [-0.15, -0.1) is 22.7 Å².